The molecule has 0 radical (unpaired) electrons. The van der Waals surface area contributed by atoms with Crippen molar-refractivity contribution in [1.82, 2.24) is 9.88 Å². The lowest BCUT2D eigenvalue weighted by atomic mass is 10.0. The number of fused-ring (bicyclic) bond motifs is 3. The van der Waals surface area contributed by atoms with Crippen LogP contribution in [0.2, 0.25) is 0 Å². The van der Waals surface area contributed by atoms with Crippen LogP contribution in [0.4, 0.5) is 0 Å². The lowest BCUT2D eigenvalue weighted by Gasteiger charge is -2.18. The number of hydrogen-bond acceptors (Lipinski definition) is 3. The predicted octanol–water partition coefficient (Wildman–Crippen LogP) is 4.44. The van der Waals surface area contributed by atoms with E-state index in [4.69, 9.17) is 9.47 Å². The molecule has 0 aliphatic carbocycles. The number of ether oxygens (including phenoxy) is 2. The van der Waals surface area contributed by atoms with Gasteiger partial charge in [-0.15, -0.1) is 0 Å². The van der Waals surface area contributed by atoms with E-state index in [0.717, 1.165) is 44.0 Å². The lowest BCUT2D eigenvalue weighted by Crippen LogP contribution is -2.25. The number of methoxy groups -OCH3 is 1. The van der Waals surface area contributed by atoms with Crippen molar-refractivity contribution in [3.8, 4) is 11.5 Å². The number of nitrogens with zero attached hydrogens (tertiary/aromatic N) is 1. The number of benzene rings is 2. The zero-order valence-electron chi connectivity index (χ0n) is 16.5. The Morgan fingerprint density at radius 2 is 2.00 bits per heavy atom. The van der Waals surface area contributed by atoms with Crippen molar-refractivity contribution in [2.75, 3.05) is 20.3 Å². The molecule has 0 spiro atoms. The molecule has 142 valence electrons. The first kappa shape index (κ1) is 17.9. The molecule has 2 heterocycles. The van der Waals surface area contributed by atoms with E-state index in [1.165, 1.54) is 33.3 Å². The molecule has 1 aliphatic heterocycles. The molecule has 0 unspecified atom stereocenters. The fraction of sp³-hybridized carbons (Fsp3) is 0.391. The Morgan fingerprint density at radius 1 is 1.11 bits per heavy atom. The summed E-state index contributed by atoms with van der Waals surface area (Å²) in [5.41, 5.74) is 6.77. The Balaban J connectivity index is 1.73. The van der Waals surface area contributed by atoms with Crippen LogP contribution in [0.25, 0.3) is 10.9 Å². The third-order valence-electron chi connectivity index (χ3n) is 5.32. The van der Waals surface area contributed by atoms with E-state index in [1.807, 2.05) is 6.07 Å². The summed E-state index contributed by atoms with van der Waals surface area (Å²) in [4.78, 5) is 0. The molecule has 1 aliphatic rings. The zero-order chi connectivity index (χ0) is 18.8. The predicted molar refractivity (Wildman–Crippen MR) is 110 cm³/mol. The Bertz CT molecular complexity index is 959. The highest BCUT2D eigenvalue weighted by molar-refractivity contribution is 5.86. The molecular formula is C23H28N2O2. The first-order valence-corrected chi connectivity index (χ1v) is 9.82. The van der Waals surface area contributed by atoms with Crippen LogP contribution < -0.4 is 14.8 Å². The van der Waals surface area contributed by atoms with Crippen LogP contribution in [0, 0.1) is 6.92 Å². The van der Waals surface area contributed by atoms with Crippen LogP contribution in [-0.4, -0.2) is 24.8 Å². The highest BCUT2D eigenvalue weighted by Gasteiger charge is 2.20. The first-order valence-electron chi connectivity index (χ1n) is 9.82. The third kappa shape index (κ3) is 3.42. The minimum atomic E-state index is 0.705. The van der Waals surface area contributed by atoms with Gasteiger partial charge in [0, 0.05) is 29.7 Å². The van der Waals surface area contributed by atoms with Crippen molar-refractivity contribution in [2.24, 2.45) is 0 Å². The molecule has 3 aromatic rings. The Morgan fingerprint density at radius 3 is 2.81 bits per heavy atom. The van der Waals surface area contributed by atoms with Gasteiger partial charge < -0.3 is 19.4 Å². The normalized spacial score (nSPS) is 13.6. The van der Waals surface area contributed by atoms with Gasteiger partial charge in [0.05, 0.1) is 13.7 Å². The molecule has 1 aromatic heterocycles. The summed E-state index contributed by atoms with van der Waals surface area (Å²) >= 11 is 0. The van der Waals surface area contributed by atoms with Crippen LogP contribution in [0.3, 0.4) is 0 Å². The van der Waals surface area contributed by atoms with Crippen molar-refractivity contribution >= 4 is 10.9 Å². The molecule has 0 atom stereocenters. The van der Waals surface area contributed by atoms with Gasteiger partial charge >= 0.3 is 0 Å². The number of aryl methyl sites for hydroxylation is 1. The number of hydrogen-bond donors (Lipinski definition) is 1. The topological polar surface area (TPSA) is 35.4 Å². The van der Waals surface area contributed by atoms with Crippen LogP contribution >= 0.6 is 0 Å². The van der Waals surface area contributed by atoms with Crippen molar-refractivity contribution in [2.45, 2.75) is 39.8 Å². The summed E-state index contributed by atoms with van der Waals surface area (Å²) in [7, 11) is 1.71. The van der Waals surface area contributed by atoms with Gasteiger partial charge in [0.25, 0.3) is 0 Å². The molecule has 0 amide bonds. The average molecular weight is 364 g/mol. The van der Waals surface area contributed by atoms with Crippen molar-refractivity contribution in [3.63, 3.8) is 0 Å². The molecule has 2 aromatic carbocycles. The van der Waals surface area contributed by atoms with E-state index in [0.29, 0.717) is 6.61 Å². The summed E-state index contributed by atoms with van der Waals surface area (Å²) in [5, 5.41) is 4.94. The molecule has 0 fully saturated rings. The van der Waals surface area contributed by atoms with E-state index >= 15 is 0 Å². The van der Waals surface area contributed by atoms with E-state index in [-0.39, 0.29) is 0 Å². The summed E-state index contributed by atoms with van der Waals surface area (Å²) in [6.45, 7) is 7.80. The lowest BCUT2D eigenvalue weighted by molar-refractivity contribution is 0.294. The zero-order valence-corrected chi connectivity index (χ0v) is 16.5. The molecule has 1 N–H and O–H groups in total. The highest BCUT2D eigenvalue weighted by atomic mass is 16.5. The fourth-order valence-electron chi connectivity index (χ4n) is 4.00. The largest absolute Gasteiger partial charge is 0.493 e. The summed E-state index contributed by atoms with van der Waals surface area (Å²) in [5.74, 6) is 1.63. The Kier molecular flexibility index (Phi) is 5.08. The first-order chi connectivity index (χ1) is 13.2. The number of nitrogens with one attached hydrogen (secondary N) is 1. The van der Waals surface area contributed by atoms with Gasteiger partial charge in [-0.05, 0) is 61.7 Å². The minimum Gasteiger partial charge on any atom is -0.493 e. The highest BCUT2D eigenvalue weighted by Crippen LogP contribution is 2.32. The second-order valence-corrected chi connectivity index (χ2v) is 7.29. The maximum absolute atomic E-state index is 5.80. The number of aromatic nitrogens is 1. The molecule has 27 heavy (non-hydrogen) atoms. The average Bonchev–Trinajstić information content (AvgIpc) is 3.00. The van der Waals surface area contributed by atoms with Gasteiger partial charge in [-0.1, -0.05) is 24.6 Å². The second-order valence-electron chi connectivity index (χ2n) is 7.29. The summed E-state index contributed by atoms with van der Waals surface area (Å²) in [6, 6.07) is 13.1. The van der Waals surface area contributed by atoms with Crippen molar-refractivity contribution in [3.05, 3.63) is 58.8 Å². The molecule has 0 bridgehead atoms. The molecule has 0 saturated heterocycles. The minimum absolute atomic E-state index is 0.705. The standard InChI is InChI=1S/C23H28N2O2/c1-4-11-27-22-8-6-17(13-23(22)26-3)15-25-20-7-5-16(2)12-19(20)18-9-10-24-14-21(18)25/h5-8,12-13,24H,4,9-11,14-15H2,1-3H3. The van der Waals surface area contributed by atoms with Gasteiger partial charge in [0.2, 0.25) is 0 Å². The van der Waals surface area contributed by atoms with Crippen LogP contribution in [0.5, 0.6) is 11.5 Å². The quantitative estimate of drug-likeness (QED) is 0.702. The smallest absolute Gasteiger partial charge is 0.161 e. The van der Waals surface area contributed by atoms with Gasteiger partial charge in [-0.3, -0.25) is 0 Å². The summed E-state index contributed by atoms with van der Waals surface area (Å²) in [6.07, 6.45) is 2.08. The molecule has 4 heteroatoms. The van der Waals surface area contributed by atoms with Crippen LogP contribution in [0.1, 0.15) is 35.7 Å². The molecular weight excluding hydrogens is 336 g/mol. The molecule has 4 nitrogen and oxygen atoms in total. The van der Waals surface area contributed by atoms with Crippen LogP contribution in [-0.2, 0) is 19.5 Å². The maximum Gasteiger partial charge on any atom is 0.161 e. The molecule has 0 saturated carbocycles. The third-order valence-corrected chi connectivity index (χ3v) is 5.32. The van der Waals surface area contributed by atoms with E-state index in [2.05, 4.69) is 54.1 Å². The van der Waals surface area contributed by atoms with Gasteiger partial charge in [-0.2, -0.15) is 0 Å². The Hall–Kier alpha value is -2.46. The van der Waals surface area contributed by atoms with Gasteiger partial charge in [-0.25, -0.2) is 0 Å². The van der Waals surface area contributed by atoms with Gasteiger partial charge in [0.15, 0.2) is 11.5 Å². The van der Waals surface area contributed by atoms with E-state index in [9.17, 15) is 0 Å². The Labute approximate surface area is 161 Å². The summed E-state index contributed by atoms with van der Waals surface area (Å²) < 4.78 is 13.8. The van der Waals surface area contributed by atoms with Gasteiger partial charge in [0.1, 0.15) is 0 Å². The van der Waals surface area contributed by atoms with Crippen molar-refractivity contribution < 1.29 is 9.47 Å². The van der Waals surface area contributed by atoms with Crippen LogP contribution in [0.15, 0.2) is 36.4 Å². The van der Waals surface area contributed by atoms with Crippen molar-refractivity contribution in [1.29, 1.82) is 0 Å². The van der Waals surface area contributed by atoms with E-state index < -0.39 is 0 Å². The SMILES string of the molecule is CCCOc1ccc(Cn2c3c(c4cc(C)ccc42)CCNC3)cc1OC. The second kappa shape index (κ2) is 7.65. The fourth-order valence-corrected chi connectivity index (χ4v) is 4.00. The van der Waals surface area contributed by atoms with E-state index in [1.54, 1.807) is 7.11 Å². The number of rotatable bonds is 6. The molecule has 4 rings (SSSR count). The maximum atomic E-state index is 5.80. The monoisotopic (exact) mass is 364 g/mol.